The molecule has 1 amide bonds. The summed E-state index contributed by atoms with van der Waals surface area (Å²) in [4.78, 5) is 30.3. The first-order valence-electron chi connectivity index (χ1n) is 10.1. The number of para-hydroxylation sites is 1. The number of fused-ring (bicyclic) bond motifs is 1. The van der Waals surface area contributed by atoms with E-state index < -0.39 is 0 Å². The number of hydrogen-bond donors (Lipinski definition) is 1. The minimum atomic E-state index is -0.217. The Morgan fingerprint density at radius 1 is 1.00 bits per heavy atom. The van der Waals surface area contributed by atoms with Crippen molar-refractivity contribution < 1.29 is 4.79 Å². The number of amides is 1. The molecule has 0 atom stereocenters. The van der Waals surface area contributed by atoms with E-state index in [9.17, 15) is 4.79 Å². The molecule has 0 aliphatic heterocycles. The lowest BCUT2D eigenvalue weighted by Gasteiger charge is -2.07. The van der Waals surface area contributed by atoms with Gasteiger partial charge in [0, 0.05) is 42.3 Å². The fraction of sp³-hybridized carbons (Fsp3) is 0.0833. The Bertz CT molecular complexity index is 1410. The van der Waals surface area contributed by atoms with Gasteiger partial charge in [-0.05, 0) is 42.8 Å². The van der Waals surface area contributed by atoms with Gasteiger partial charge in [0.1, 0.15) is 0 Å². The number of carbonyl (C=O) groups is 1. The molecule has 0 saturated carbocycles. The second kappa shape index (κ2) is 8.35. The molecule has 8 heteroatoms. The maximum Gasteiger partial charge on any atom is 0.255 e. The SMILES string of the molecule is Cc1c(C(=O)NCc2cnc3ccccc3c2)cnn1-c1nccc(-c2cccnc2)n1. The molecular weight excluding hydrogens is 402 g/mol. The fourth-order valence-electron chi connectivity index (χ4n) is 3.45. The topological polar surface area (TPSA) is 98.5 Å². The summed E-state index contributed by atoms with van der Waals surface area (Å²) in [6.07, 6.45) is 8.42. The second-order valence-corrected chi connectivity index (χ2v) is 7.26. The Hall–Kier alpha value is -4.46. The van der Waals surface area contributed by atoms with Crippen molar-refractivity contribution in [1.29, 1.82) is 0 Å². The highest BCUT2D eigenvalue weighted by atomic mass is 16.1. The van der Waals surface area contributed by atoms with Crippen molar-refractivity contribution in [3.8, 4) is 17.2 Å². The maximum atomic E-state index is 12.8. The average molecular weight is 421 g/mol. The molecule has 0 aliphatic carbocycles. The van der Waals surface area contributed by atoms with Gasteiger partial charge in [-0.2, -0.15) is 5.10 Å². The molecule has 4 heterocycles. The van der Waals surface area contributed by atoms with Crippen LogP contribution in [0.15, 0.2) is 79.5 Å². The van der Waals surface area contributed by atoms with Gasteiger partial charge in [0.25, 0.3) is 11.9 Å². The third kappa shape index (κ3) is 3.81. The average Bonchev–Trinajstić information content (AvgIpc) is 3.24. The summed E-state index contributed by atoms with van der Waals surface area (Å²) in [5.41, 5.74) is 4.58. The van der Waals surface area contributed by atoms with Gasteiger partial charge < -0.3 is 5.32 Å². The first-order valence-corrected chi connectivity index (χ1v) is 10.1. The van der Waals surface area contributed by atoms with Crippen molar-refractivity contribution in [2.24, 2.45) is 0 Å². The molecule has 1 aromatic carbocycles. The molecule has 0 unspecified atom stereocenters. The molecule has 0 aliphatic rings. The van der Waals surface area contributed by atoms with E-state index >= 15 is 0 Å². The molecular formula is C24H19N7O. The molecule has 32 heavy (non-hydrogen) atoms. The number of aromatic nitrogens is 6. The van der Waals surface area contributed by atoms with Crippen molar-refractivity contribution in [2.45, 2.75) is 13.5 Å². The van der Waals surface area contributed by atoms with Crippen LogP contribution in [0.1, 0.15) is 21.6 Å². The minimum Gasteiger partial charge on any atom is -0.348 e. The van der Waals surface area contributed by atoms with Crippen LogP contribution >= 0.6 is 0 Å². The van der Waals surface area contributed by atoms with E-state index in [0.717, 1.165) is 27.7 Å². The predicted octanol–water partition coefficient (Wildman–Crippen LogP) is 3.51. The third-order valence-electron chi connectivity index (χ3n) is 5.14. The number of nitrogens with one attached hydrogen (secondary N) is 1. The van der Waals surface area contributed by atoms with Crippen LogP contribution in [0.25, 0.3) is 28.1 Å². The molecule has 0 fully saturated rings. The lowest BCUT2D eigenvalue weighted by Crippen LogP contribution is -2.23. The summed E-state index contributed by atoms with van der Waals surface area (Å²) in [6, 6.07) is 15.5. The first kappa shape index (κ1) is 19.5. The number of nitrogens with zero attached hydrogens (tertiary/aromatic N) is 6. The molecule has 0 spiro atoms. The highest BCUT2D eigenvalue weighted by molar-refractivity contribution is 5.95. The van der Waals surface area contributed by atoms with Crippen LogP contribution in [0.5, 0.6) is 0 Å². The quantitative estimate of drug-likeness (QED) is 0.466. The van der Waals surface area contributed by atoms with Crippen molar-refractivity contribution in [3.63, 3.8) is 0 Å². The van der Waals surface area contributed by atoms with Crippen LogP contribution in [0, 0.1) is 6.92 Å². The van der Waals surface area contributed by atoms with E-state index in [1.807, 2.05) is 55.5 Å². The van der Waals surface area contributed by atoms with Gasteiger partial charge in [0.05, 0.1) is 28.7 Å². The second-order valence-electron chi connectivity index (χ2n) is 7.26. The van der Waals surface area contributed by atoms with Crippen LogP contribution < -0.4 is 5.32 Å². The van der Waals surface area contributed by atoms with Gasteiger partial charge in [-0.15, -0.1) is 0 Å². The third-order valence-corrected chi connectivity index (χ3v) is 5.14. The number of benzene rings is 1. The van der Waals surface area contributed by atoms with Crippen molar-refractivity contribution in [3.05, 3.63) is 96.3 Å². The van der Waals surface area contributed by atoms with Crippen LogP contribution in [-0.2, 0) is 6.54 Å². The first-order chi connectivity index (χ1) is 15.7. The van der Waals surface area contributed by atoms with E-state index in [2.05, 4.69) is 30.4 Å². The molecule has 1 N–H and O–H groups in total. The molecule has 156 valence electrons. The largest absolute Gasteiger partial charge is 0.348 e. The molecule has 0 radical (unpaired) electrons. The Labute approximate surface area is 184 Å². The van der Waals surface area contributed by atoms with E-state index in [-0.39, 0.29) is 5.91 Å². The zero-order chi connectivity index (χ0) is 21.9. The van der Waals surface area contributed by atoms with Gasteiger partial charge in [-0.25, -0.2) is 14.6 Å². The highest BCUT2D eigenvalue weighted by Crippen LogP contribution is 2.18. The Morgan fingerprint density at radius 2 is 1.91 bits per heavy atom. The zero-order valence-electron chi connectivity index (χ0n) is 17.3. The van der Waals surface area contributed by atoms with Gasteiger partial charge in [0.2, 0.25) is 0 Å². The smallest absolute Gasteiger partial charge is 0.255 e. The van der Waals surface area contributed by atoms with E-state index in [1.165, 1.54) is 6.20 Å². The van der Waals surface area contributed by atoms with Crippen molar-refractivity contribution >= 4 is 16.8 Å². The van der Waals surface area contributed by atoms with Crippen LogP contribution in [-0.4, -0.2) is 35.6 Å². The molecule has 5 rings (SSSR count). The van der Waals surface area contributed by atoms with E-state index in [1.54, 1.807) is 29.5 Å². The van der Waals surface area contributed by atoms with Gasteiger partial charge >= 0.3 is 0 Å². The van der Waals surface area contributed by atoms with Crippen molar-refractivity contribution in [2.75, 3.05) is 0 Å². The Balaban J connectivity index is 1.35. The number of pyridine rings is 2. The Kier molecular flexibility index (Phi) is 5.09. The van der Waals surface area contributed by atoms with E-state index in [0.29, 0.717) is 23.8 Å². The summed E-state index contributed by atoms with van der Waals surface area (Å²) in [7, 11) is 0. The minimum absolute atomic E-state index is 0.217. The monoisotopic (exact) mass is 421 g/mol. The maximum absolute atomic E-state index is 12.8. The van der Waals surface area contributed by atoms with Crippen molar-refractivity contribution in [1.82, 2.24) is 35.0 Å². The standard InChI is InChI=1S/C24H19N7O/c1-16-20(23(32)28-13-17-11-18-5-2-3-7-21(18)27-12-17)15-29-31(16)24-26-10-8-22(30-24)19-6-4-9-25-14-19/h2-12,14-15H,13H2,1H3,(H,28,32). The predicted molar refractivity (Wildman–Crippen MR) is 120 cm³/mol. The molecule has 0 bridgehead atoms. The van der Waals surface area contributed by atoms with Crippen LogP contribution in [0.2, 0.25) is 0 Å². The lowest BCUT2D eigenvalue weighted by atomic mass is 10.1. The number of rotatable bonds is 5. The zero-order valence-corrected chi connectivity index (χ0v) is 17.3. The van der Waals surface area contributed by atoms with Gasteiger partial charge in [0.15, 0.2) is 0 Å². The number of carbonyl (C=O) groups excluding carboxylic acids is 1. The fourth-order valence-corrected chi connectivity index (χ4v) is 3.45. The molecule has 0 saturated heterocycles. The molecule has 5 aromatic rings. The Morgan fingerprint density at radius 3 is 2.78 bits per heavy atom. The molecule has 8 nitrogen and oxygen atoms in total. The summed E-state index contributed by atoms with van der Waals surface area (Å²) < 4.78 is 1.56. The van der Waals surface area contributed by atoms with Crippen LogP contribution in [0.4, 0.5) is 0 Å². The summed E-state index contributed by atoms with van der Waals surface area (Å²) in [5.74, 6) is 0.173. The number of hydrogen-bond acceptors (Lipinski definition) is 6. The molecule has 4 aromatic heterocycles. The summed E-state index contributed by atoms with van der Waals surface area (Å²) in [6.45, 7) is 2.19. The van der Waals surface area contributed by atoms with E-state index in [4.69, 9.17) is 0 Å². The van der Waals surface area contributed by atoms with Crippen LogP contribution in [0.3, 0.4) is 0 Å². The van der Waals surface area contributed by atoms with Gasteiger partial charge in [-0.3, -0.25) is 14.8 Å². The highest BCUT2D eigenvalue weighted by Gasteiger charge is 2.17. The normalized spacial score (nSPS) is 10.9. The summed E-state index contributed by atoms with van der Waals surface area (Å²) >= 11 is 0. The summed E-state index contributed by atoms with van der Waals surface area (Å²) in [5, 5.41) is 8.32. The lowest BCUT2D eigenvalue weighted by molar-refractivity contribution is 0.0950. The van der Waals surface area contributed by atoms with Gasteiger partial charge in [-0.1, -0.05) is 18.2 Å².